The number of esters is 1. The number of methoxy groups -OCH3 is 2. The maximum Gasteiger partial charge on any atom is 0.502 e. The highest BCUT2D eigenvalue weighted by Gasteiger charge is 2.58. The van der Waals surface area contributed by atoms with Crippen LogP contribution in [0.5, 0.6) is 17.5 Å². The van der Waals surface area contributed by atoms with Gasteiger partial charge in [-0.25, -0.2) is 29.3 Å². The third kappa shape index (κ3) is 9.08. The van der Waals surface area contributed by atoms with Crippen molar-refractivity contribution in [2.24, 2.45) is 0 Å². The Balaban J connectivity index is 1.21. The molecule has 3 fully saturated rings. The number of ether oxygens (including phenoxy) is 5. The number of nitrogens with one attached hydrogen (secondary N) is 1. The molecular formula is C42H53BN7O8+. The predicted octanol–water partition coefficient (Wildman–Crippen LogP) is 4.97. The summed E-state index contributed by atoms with van der Waals surface area (Å²) >= 11 is 0. The van der Waals surface area contributed by atoms with Crippen LogP contribution in [0, 0.1) is 0 Å². The molecule has 306 valence electrons. The molecule has 1 aromatic carbocycles. The second-order valence-electron chi connectivity index (χ2n) is 15.3. The molecule has 1 N–H and O–H groups in total. The molecule has 7 rings (SSSR count). The largest absolute Gasteiger partial charge is 0.502 e. The van der Waals surface area contributed by atoms with Gasteiger partial charge in [0.25, 0.3) is 6.33 Å². The molecule has 4 aromatic rings. The van der Waals surface area contributed by atoms with E-state index in [2.05, 4.69) is 26.8 Å². The van der Waals surface area contributed by atoms with E-state index in [9.17, 15) is 4.79 Å². The normalized spacial score (nSPS) is 18.7. The fourth-order valence-corrected chi connectivity index (χ4v) is 7.09. The van der Waals surface area contributed by atoms with Crippen LogP contribution in [0.15, 0.2) is 49.2 Å². The third-order valence-electron chi connectivity index (χ3n) is 10.8. The zero-order valence-corrected chi connectivity index (χ0v) is 34.4. The Morgan fingerprint density at radius 2 is 1.71 bits per heavy atom. The maximum atomic E-state index is 12.3. The number of rotatable bonds is 19. The highest BCUT2D eigenvalue weighted by molar-refractivity contribution is 6.63. The molecule has 1 atom stereocenters. The molecule has 1 saturated heterocycles. The van der Waals surface area contributed by atoms with E-state index in [-0.39, 0.29) is 12.5 Å². The molecule has 0 amide bonds. The maximum absolute atomic E-state index is 12.3. The molecule has 1 unspecified atom stereocenters. The van der Waals surface area contributed by atoms with E-state index in [0.717, 1.165) is 53.8 Å². The zero-order valence-electron chi connectivity index (χ0n) is 34.4. The van der Waals surface area contributed by atoms with Crippen LogP contribution in [-0.2, 0) is 36.7 Å². The highest BCUT2D eigenvalue weighted by Crippen LogP contribution is 2.46. The zero-order chi connectivity index (χ0) is 40.9. The molecule has 2 aliphatic carbocycles. The summed E-state index contributed by atoms with van der Waals surface area (Å²) in [6.07, 6.45) is 12.2. The number of hydrogen-bond acceptors (Lipinski definition) is 14. The summed E-state index contributed by atoms with van der Waals surface area (Å²) < 4.78 is 43.7. The van der Waals surface area contributed by atoms with E-state index in [0.29, 0.717) is 73.4 Å². The Bertz CT molecular complexity index is 2110. The van der Waals surface area contributed by atoms with E-state index in [1.807, 2.05) is 45.0 Å². The van der Waals surface area contributed by atoms with Gasteiger partial charge in [-0.2, -0.15) is 0 Å². The molecule has 3 aliphatic rings. The summed E-state index contributed by atoms with van der Waals surface area (Å²) in [6.45, 7) is 12.7. The first-order chi connectivity index (χ1) is 28.1. The number of carbonyl (C=O) groups is 1. The predicted molar refractivity (Wildman–Crippen MR) is 216 cm³/mol. The first-order valence-electron chi connectivity index (χ1n) is 20.0. The SMILES string of the molecule is CCOCCOc1ccc(CNc2nc(-c3c(OC)nc[n+](CC4(C)OB(c5c(OC)ncnc5C5CC5)OC4(C)C)c3C3CC3)ncc2/C=C/C(=O)OCC)cc1. The Hall–Kier alpha value is -5.19. The van der Waals surface area contributed by atoms with Crippen LogP contribution >= 0.6 is 0 Å². The van der Waals surface area contributed by atoms with Gasteiger partial charge in [0.05, 0.1) is 44.2 Å². The van der Waals surface area contributed by atoms with Gasteiger partial charge in [-0.05, 0) is 89.1 Å². The van der Waals surface area contributed by atoms with E-state index in [1.165, 1.54) is 6.08 Å². The van der Waals surface area contributed by atoms with Crippen LogP contribution in [0.4, 0.5) is 5.82 Å². The lowest BCUT2D eigenvalue weighted by atomic mass is 9.77. The fraction of sp³-hybridized carbons (Fsp3) is 0.500. The minimum absolute atomic E-state index is 0.221. The van der Waals surface area contributed by atoms with Gasteiger partial charge in [0.15, 0.2) is 11.4 Å². The Kier molecular flexibility index (Phi) is 12.5. The lowest BCUT2D eigenvalue weighted by Crippen LogP contribution is -2.57. The molecule has 2 saturated carbocycles. The Morgan fingerprint density at radius 3 is 2.40 bits per heavy atom. The van der Waals surface area contributed by atoms with Crippen molar-refractivity contribution in [2.45, 2.75) is 96.4 Å². The van der Waals surface area contributed by atoms with E-state index < -0.39 is 24.3 Å². The summed E-state index contributed by atoms with van der Waals surface area (Å²) in [4.78, 5) is 36.1. The smallest absolute Gasteiger partial charge is 0.491 e. The van der Waals surface area contributed by atoms with Crippen LogP contribution < -0.4 is 29.6 Å². The second kappa shape index (κ2) is 17.8. The molecule has 15 nitrogen and oxygen atoms in total. The van der Waals surface area contributed by atoms with E-state index in [4.69, 9.17) is 47.9 Å². The van der Waals surface area contributed by atoms with E-state index in [1.54, 1.807) is 46.1 Å². The van der Waals surface area contributed by atoms with Crippen LogP contribution in [0.3, 0.4) is 0 Å². The van der Waals surface area contributed by atoms with Crippen LogP contribution in [-0.4, -0.2) is 89.9 Å². The highest BCUT2D eigenvalue weighted by atomic mass is 16.7. The summed E-state index contributed by atoms with van der Waals surface area (Å²) in [5, 5.41) is 3.47. The van der Waals surface area contributed by atoms with Crippen molar-refractivity contribution in [3.8, 4) is 28.9 Å². The summed E-state index contributed by atoms with van der Waals surface area (Å²) in [6, 6.07) is 7.84. The van der Waals surface area contributed by atoms with Crippen LogP contribution in [0.1, 0.15) is 94.7 Å². The monoisotopic (exact) mass is 794 g/mol. The number of carbonyl (C=O) groups excluding carboxylic acids is 1. The van der Waals surface area contributed by atoms with Gasteiger partial charge in [0.1, 0.15) is 42.3 Å². The van der Waals surface area contributed by atoms with Crippen LogP contribution in [0.2, 0.25) is 0 Å². The molecular weight excluding hydrogens is 741 g/mol. The molecule has 4 heterocycles. The summed E-state index contributed by atoms with van der Waals surface area (Å²) in [5.74, 6) is 2.68. The molecule has 16 heteroatoms. The fourth-order valence-electron chi connectivity index (χ4n) is 7.09. The molecule has 0 radical (unpaired) electrons. The first-order valence-corrected chi connectivity index (χ1v) is 20.0. The van der Waals surface area contributed by atoms with Crippen molar-refractivity contribution in [1.82, 2.24) is 24.9 Å². The second-order valence-corrected chi connectivity index (χ2v) is 15.3. The number of anilines is 1. The van der Waals surface area contributed by atoms with Gasteiger partial charge in [-0.15, -0.1) is 0 Å². The van der Waals surface area contributed by atoms with Crippen molar-refractivity contribution in [1.29, 1.82) is 0 Å². The third-order valence-corrected chi connectivity index (χ3v) is 10.8. The summed E-state index contributed by atoms with van der Waals surface area (Å²) in [7, 11) is 2.48. The molecule has 0 bridgehead atoms. The average Bonchev–Trinajstić information content (AvgIpc) is 4.16. The van der Waals surface area contributed by atoms with Gasteiger partial charge in [-0.3, -0.25) is 0 Å². The van der Waals surface area contributed by atoms with E-state index >= 15 is 0 Å². The van der Waals surface area contributed by atoms with Crippen LogP contribution in [0.25, 0.3) is 17.5 Å². The Morgan fingerprint density at radius 1 is 0.948 bits per heavy atom. The number of aromatic nitrogens is 6. The molecule has 3 aromatic heterocycles. The Labute approximate surface area is 340 Å². The van der Waals surface area contributed by atoms with Gasteiger partial charge < -0.3 is 38.3 Å². The molecule has 0 spiro atoms. The van der Waals surface area contributed by atoms with Gasteiger partial charge in [0.2, 0.25) is 5.88 Å². The minimum atomic E-state index is -0.819. The van der Waals surface area contributed by atoms with Crippen molar-refractivity contribution < 1.29 is 42.4 Å². The lowest BCUT2D eigenvalue weighted by molar-refractivity contribution is -0.719. The van der Waals surface area contributed by atoms with Gasteiger partial charge in [0, 0.05) is 42.8 Å². The number of nitrogens with zero attached hydrogens (tertiary/aromatic N) is 6. The summed E-state index contributed by atoms with van der Waals surface area (Å²) in [5.41, 5.74) is 3.41. The minimum Gasteiger partial charge on any atom is -0.491 e. The molecule has 58 heavy (non-hydrogen) atoms. The topological polar surface area (TPSA) is 162 Å². The first kappa shape index (κ1) is 41.0. The lowest BCUT2D eigenvalue weighted by Gasteiger charge is -2.35. The number of hydrogen-bond donors (Lipinski definition) is 1. The van der Waals surface area contributed by atoms with Crippen molar-refractivity contribution in [2.75, 3.05) is 46.0 Å². The standard InChI is InChI=1S/C42H52BN7O8/c1-8-54-20-21-56-31-17-10-27(11-18-31)22-44-37-30(16-19-32(51)55-9-2)23-45-38(49-37)33-36(29-14-15-29)50(26-48-39(33)52-6)24-42(5)41(3,4)57-43(58-42)34-35(28-12-13-28)46-25-47-40(34)53-7/h10-11,16-19,23,25-26,28-29H,8-9,12-15,20-22,24H2,1-7H3/p+1. The van der Waals surface area contributed by atoms with Crippen molar-refractivity contribution >= 4 is 30.4 Å². The molecule has 1 aliphatic heterocycles. The van der Waals surface area contributed by atoms with Gasteiger partial charge in [-0.1, -0.05) is 12.1 Å². The van der Waals surface area contributed by atoms with Crippen molar-refractivity contribution in [3.63, 3.8) is 0 Å². The average molecular weight is 795 g/mol. The number of benzene rings is 1. The van der Waals surface area contributed by atoms with Gasteiger partial charge >= 0.3 is 19.0 Å². The quantitative estimate of drug-likeness (QED) is 0.0445. The van der Waals surface area contributed by atoms with Crippen molar-refractivity contribution in [3.05, 3.63) is 71.7 Å².